The molecule has 0 bridgehead atoms. The van der Waals surface area contributed by atoms with E-state index in [9.17, 15) is 19.5 Å². The number of hydrogen-bond acceptors (Lipinski definition) is 4. The molecule has 2 atom stereocenters. The Labute approximate surface area is 205 Å². The van der Waals surface area contributed by atoms with Crippen molar-refractivity contribution in [3.8, 4) is 11.1 Å². The molecule has 0 radical (unpaired) electrons. The van der Waals surface area contributed by atoms with Crippen LogP contribution in [-0.2, 0) is 14.3 Å². The molecule has 0 spiro atoms. The van der Waals surface area contributed by atoms with E-state index in [2.05, 4.69) is 22.8 Å². The highest BCUT2D eigenvalue weighted by atomic mass is 16.5. The highest BCUT2D eigenvalue weighted by Crippen LogP contribution is 2.44. The Morgan fingerprint density at radius 2 is 1.57 bits per heavy atom. The quantitative estimate of drug-likeness (QED) is 0.434. The maximum absolute atomic E-state index is 12.9. The van der Waals surface area contributed by atoms with Crippen LogP contribution in [0.2, 0.25) is 0 Å². The average Bonchev–Trinajstić information content (AvgIpc) is 3.60. The smallest absolute Gasteiger partial charge is 0.407 e. The van der Waals surface area contributed by atoms with Gasteiger partial charge in [0, 0.05) is 5.92 Å². The van der Waals surface area contributed by atoms with Crippen molar-refractivity contribution in [3.63, 3.8) is 0 Å². The number of amides is 2. The number of carbonyl (C=O) groups excluding carboxylic acids is 2. The third-order valence-corrected chi connectivity index (χ3v) is 6.59. The molecule has 1 fully saturated rings. The molecule has 7 heteroatoms. The van der Waals surface area contributed by atoms with E-state index in [-0.39, 0.29) is 18.9 Å². The highest BCUT2D eigenvalue weighted by molar-refractivity contribution is 5.89. The number of carboxylic acids is 1. The molecule has 35 heavy (non-hydrogen) atoms. The van der Waals surface area contributed by atoms with Crippen LogP contribution >= 0.6 is 0 Å². The van der Waals surface area contributed by atoms with E-state index in [1.54, 1.807) is 0 Å². The van der Waals surface area contributed by atoms with Crippen molar-refractivity contribution in [2.45, 2.75) is 57.5 Å². The number of carbonyl (C=O) groups is 3. The number of hydrogen-bond donors (Lipinski definition) is 3. The largest absolute Gasteiger partial charge is 0.480 e. The zero-order valence-corrected chi connectivity index (χ0v) is 20.1. The molecule has 2 aliphatic carbocycles. The number of alkyl carbamates (subject to hydrolysis) is 1. The first-order chi connectivity index (χ1) is 16.8. The molecule has 2 unspecified atom stereocenters. The van der Waals surface area contributed by atoms with Gasteiger partial charge in [0.2, 0.25) is 5.91 Å². The maximum atomic E-state index is 12.9. The van der Waals surface area contributed by atoms with Crippen LogP contribution in [0.4, 0.5) is 4.79 Å². The molecule has 2 amide bonds. The fraction of sp³-hybridized carbons (Fsp3) is 0.393. The number of carboxylic acid groups (broad SMARTS) is 1. The fourth-order valence-corrected chi connectivity index (χ4v) is 4.55. The van der Waals surface area contributed by atoms with Crippen molar-refractivity contribution in [3.05, 3.63) is 71.3 Å². The van der Waals surface area contributed by atoms with Crippen LogP contribution in [0.25, 0.3) is 11.1 Å². The summed E-state index contributed by atoms with van der Waals surface area (Å²) in [5.41, 5.74) is 5.46. The molecule has 0 aliphatic heterocycles. The van der Waals surface area contributed by atoms with Gasteiger partial charge in [0.25, 0.3) is 0 Å². The number of aliphatic carboxylic acids is 1. The Kier molecular flexibility index (Phi) is 7.54. The van der Waals surface area contributed by atoms with Gasteiger partial charge in [-0.25, -0.2) is 9.59 Å². The van der Waals surface area contributed by atoms with E-state index in [1.165, 1.54) is 0 Å². The minimum absolute atomic E-state index is 0.0897. The molecule has 0 saturated heterocycles. The fourth-order valence-electron chi connectivity index (χ4n) is 4.55. The molecule has 0 heterocycles. The van der Waals surface area contributed by atoms with E-state index in [0.29, 0.717) is 12.3 Å². The number of nitrogens with one attached hydrogen (secondary N) is 2. The summed E-state index contributed by atoms with van der Waals surface area (Å²) >= 11 is 0. The standard InChI is InChI=1S/C28H32N2O5/c1-17(2)11-14-24(26(31)29-25(27(32)33)15-18-12-13-18)30-28(34)35-16-23-21-9-5-3-7-19(21)20-8-4-6-10-22(20)23/h3-11,18,23-25H,12-16H2,1-2H3,(H,29,31)(H,30,34)(H,32,33). The lowest BCUT2D eigenvalue weighted by Crippen LogP contribution is -2.51. The van der Waals surface area contributed by atoms with Gasteiger partial charge in [-0.3, -0.25) is 4.79 Å². The molecule has 2 aromatic carbocycles. The minimum Gasteiger partial charge on any atom is -0.480 e. The number of ether oxygens (including phenoxy) is 1. The Morgan fingerprint density at radius 3 is 2.11 bits per heavy atom. The third kappa shape index (κ3) is 6.10. The van der Waals surface area contributed by atoms with Gasteiger partial charge in [-0.1, -0.05) is 73.0 Å². The summed E-state index contributed by atoms with van der Waals surface area (Å²) in [4.78, 5) is 37.3. The van der Waals surface area contributed by atoms with Gasteiger partial charge < -0.3 is 20.5 Å². The van der Waals surface area contributed by atoms with Gasteiger partial charge in [0.15, 0.2) is 0 Å². The topological polar surface area (TPSA) is 105 Å². The predicted octanol–water partition coefficient (Wildman–Crippen LogP) is 4.62. The van der Waals surface area contributed by atoms with Gasteiger partial charge >= 0.3 is 12.1 Å². The summed E-state index contributed by atoms with van der Waals surface area (Å²) in [6.45, 7) is 3.93. The van der Waals surface area contributed by atoms with Crippen LogP contribution in [0.3, 0.4) is 0 Å². The van der Waals surface area contributed by atoms with Gasteiger partial charge in [-0.2, -0.15) is 0 Å². The second-order valence-corrected chi connectivity index (χ2v) is 9.62. The van der Waals surface area contributed by atoms with Gasteiger partial charge in [-0.05, 0) is 54.9 Å². The van der Waals surface area contributed by atoms with Crippen LogP contribution in [0.15, 0.2) is 60.2 Å². The van der Waals surface area contributed by atoms with Crippen LogP contribution in [0, 0.1) is 5.92 Å². The Hall–Kier alpha value is -3.61. The summed E-state index contributed by atoms with van der Waals surface area (Å²) in [5, 5.41) is 14.8. The predicted molar refractivity (Wildman–Crippen MR) is 133 cm³/mol. The first-order valence-corrected chi connectivity index (χ1v) is 12.1. The van der Waals surface area contributed by atoms with Gasteiger partial charge in [0.05, 0.1) is 0 Å². The number of fused-ring (bicyclic) bond motifs is 3. The van der Waals surface area contributed by atoms with Crippen molar-refractivity contribution in [1.82, 2.24) is 10.6 Å². The third-order valence-electron chi connectivity index (χ3n) is 6.59. The second kappa shape index (κ2) is 10.8. The molecule has 2 aromatic rings. The molecule has 7 nitrogen and oxygen atoms in total. The molecular weight excluding hydrogens is 444 g/mol. The van der Waals surface area contributed by atoms with E-state index in [1.807, 2.05) is 56.3 Å². The van der Waals surface area contributed by atoms with Crippen molar-refractivity contribution in [2.75, 3.05) is 6.61 Å². The van der Waals surface area contributed by atoms with E-state index in [0.717, 1.165) is 40.7 Å². The molecule has 2 aliphatic rings. The number of benzene rings is 2. The SMILES string of the molecule is CC(C)=CCC(NC(=O)OCC1c2ccccc2-c2ccccc21)C(=O)NC(CC1CC1)C(=O)O. The van der Waals surface area contributed by atoms with Crippen molar-refractivity contribution < 1.29 is 24.2 Å². The lowest BCUT2D eigenvalue weighted by Gasteiger charge is -2.21. The van der Waals surface area contributed by atoms with E-state index in [4.69, 9.17) is 4.74 Å². The van der Waals surface area contributed by atoms with Crippen molar-refractivity contribution >= 4 is 18.0 Å². The summed E-state index contributed by atoms with van der Waals surface area (Å²) in [6, 6.07) is 14.2. The molecule has 3 N–H and O–H groups in total. The molecule has 0 aromatic heterocycles. The summed E-state index contributed by atoms with van der Waals surface area (Å²) < 4.78 is 5.59. The van der Waals surface area contributed by atoms with Crippen LogP contribution < -0.4 is 10.6 Å². The average molecular weight is 477 g/mol. The molecular formula is C28H32N2O5. The zero-order valence-electron chi connectivity index (χ0n) is 20.1. The zero-order chi connectivity index (χ0) is 24.9. The summed E-state index contributed by atoms with van der Waals surface area (Å²) in [7, 11) is 0. The van der Waals surface area contributed by atoms with Gasteiger partial charge in [0.1, 0.15) is 18.7 Å². The molecule has 1 saturated carbocycles. The number of rotatable bonds is 10. The maximum Gasteiger partial charge on any atom is 0.407 e. The minimum atomic E-state index is -1.06. The van der Waals surface area contributed by atoms with Crippen LogP contribution in [0.5, 0.6) is 0 Å². The molecule has 184 valence electrons. The Morgan fingerprint density at radius 1 is 0.971 bits per heavy atom. The monoisotopic (exact) mass is 476 g/mol. The first kappa shape index (κ1) is 24.5. The van der Waals surface area contributed by atoms with Crippen molar-refractivity contribution in [1.29, 1.82) is 0 Å². The highest BCUT2D eigenvalue weighted by Gasteiger charge is 2.33. The normalized spacial score (nSPS) is 15.8. The van der Waals surface area contributed by atoms with Crippen molar-refractivity contribution in [2.24, 2.45) is 5.92 Å². The lowest BCUT2D eigenvalue weighted by atomic mass is 9.98. The number of allylic oxidation sites excluding steroid dienone is 1. The Bertz CT molecular complexity index is 1090. The van der Waals surface area contributed by atoms with E-state index < -0.39 is 30.1 Å². The van der Waals surface area contributed by atoms with Crippen LogP contribution in [-0.4, -0.2) is 41.8 Å². The summed E-state index contributed by atoms with van der Waals surface area (Å²) in [6.07, 6.45) is 3.75. The Balaban J connectivity index is 1.41. The van der Waals surface area contributed by atoms with Crippen LogP contribution in [0.1, 0.15) is 56.6 Å². The second-order valence-electron chi connectivity index (χ2n) is 9.62. The summed E-state index contributed by atoms with van der Waals surface area (Å²) in [5.74, 6) is -1.34. The van der Waals surface area contributed by atoms with E-state index >= 15 is 0 Å². The molecule has 4 rings (SSSR count). The lowest BCUT2D eigenvalue weighted by molar-refractivity contribution is -0.142. The first-order valence-electron chi connectivity index (χ1n) is 12.1. The van der Waals surface area contributed by atoms with Gasteiger partial charge in [-0.15, -0.1) is 0 Å².